The van der Waals surface area contributed by atoms with Crippen LogP contribution in [0.25, 0.3) is 0 Å². The van der Waals surface area contributed by atoms with Crippen LogP contribution in [0.1, 0.15) is 65.7 Å². The lowest BCUT2D eigenvalue weighted by Gasteiger charge is -2.34. The molecule has 88 valence electrons. The Morgan fingerprint density at radius 2 is 1.93 bits per heavy atom. The zero-order valence-electron chi connectivity index (χ0n) is 10.7. The van der Waals surface area contributed by atoms with Crippen molar-refractivity contribution in [1.29, 1.82) is 0 Å². The van der Waals surface area contributed by atoms with E-state index in [1.165, 1.54) is 44.9 Å². The van der Waals surface area contributed by atoms with Gasteiger partial charge in [0.25, 0.3) is 0 Å². The Kier molecular flexibility index (Phi) is 3.39. The number of hydrogen-bond donors (Lipinski definition) is 1. The minimum atomic E-state index is 0.536. The van der Waals surface area contributed by atoms with Crippen LogP contribution in [-0.4, -0.2) is 12.1 Å². The van der Waals surface area contributed by atoms with E-state index in [4.69, 9.17) is 0 Å². The van der Waals surface area contributed by atoms with Gasteiger partial charge in [0, 0.05) is 12.1 Å². The smallest absolute Gasteiger partial charge is 0.0121 e. The largest absolute Gasteiger partial charge is 0.311 e. The van der Waals surface area contributed by atoms with Crippen molar-refractivity contribution in [2.24, 2.45) is 11.3 Å². The minimum absolute atomic E-state index is 0.536. The van der Waals surface area contributed by atoms with Crippen LogP contribution in [0.5, 0.6) is 0 Å². The topological polar surface area (TPSA) is 12.0 Å². The van der Waals surface area contributed by atoms with E-state index in [1.807, 2.05) is 0 Å². The van der Waals surface area contributed by atoms with Gasteiger partial charge in [0.15, 0.2) is 0 Å². The molecule has 2 atom stereocenters. The van der Waals surface area contributed by atoms with Crippen molar-refractivity contribution in [2.75, 3.05) is 0 Å². The summed E-state index contributed by atoms with van der Waals surface area (Å²) >= 11 is 0. The Morgan fingerprint density at radius 3 is 2.40 bits per heavy atom. The normalized spacial score (nSPS) is 32.6. The average molecular weight is 209 g/mol. The highest BCUT2D eigenvalue weighted by Gasteiger charge is 2.35. The van der Waals surface area contributed by atoms with Gasteiger partial charge in [-0.15, -0.1) is 0 Å². The molecule has 0 spiro atoms. The highest BCUT2D eigenvalue weighted by atomic mass is 15.0. The van der Waals surface area contributed by atoms with Crippen molar-refractivity contribution in [3.8, 4) is 0 Å². The molecule has 0 aromatic heterocycles. The molecule has 2 aliphatic rings. The van der Waals surface area contributed by atoms with E-state index in [0.717, 1.165) is 18.0 Å². The predicted molar refractivity (Wildman–Crippen MR) is 66.0 cm³/mol. The Bertz CT molecular complexity index is 205. The van der Waals surface area contributed by atoms with E-state index in [9.17, 15) is 0 Å². The maximum Gasteiger partial charge on any atom is 0.0121 e. The Hall–Kier alpha value is -0.0400. The number of hydrogen-bond acceptors (Lipinski definition) is 1. The van der Waals surface area contributed by atoms with Gasteiger partial charge in [-0.05, 0) is 37.5 Å². The van der Waals surface area contributed by atoms with Gasteiger partial charge in [0.1, 0.15) is 0 Å². The molecular weight excluding hydrogens is 182 g/mol. The highest BCUT2D eigenvalue weighted by molar-refractivity contribution is 4.91. The van der Waals surface area contributed by atoms with Gasteiger partial charge >= 0.3 is 0 Å². The molecule has 0 aromatic rings. The molecular formula is C14H27N. The Labute approximate surface area is 95.0 Å². The van der Waals surface area contributed by atoms with Crippen molar-refractivity contribution in [1.82, 2.24) is 5.32 Å². The lowest BCUT2D eigenvalue weighted by Crippen LogP contribution is -2.43. The van der Waals surface area contributed by atoms with Crippen molar-refractivity contribution < 1.29 is 0 Å². The first-order valence-corrected chi connectivity index (χ1v) is 6.84. The summed E-state index contributed by atoms with van der Waals surface area (Å²) in [7, 11) is 0. The maximum atomic E-state index is 3.87. The summed E-state index contributed by atoms with van der Waals surface area (Å²) in [5.74, 6) is 1.04. The molecule has 2 unspecified atom stereocenters. The molecule has 0 radical (unpaired) electrons. The molecule has 1 nitrogen and oxygen atoms in total. The molecule has 0 aromatic carbocycles. The lowest BCUT2D eigenvalue weighted by atomic mass is 9.80. The number of nitrogens with one attached hydrogen (secondary N) is 1. The van der Waals surface area contributed by atoms with E-state index in [-0.39, 0.29) is 0 Å². The summed E-state index contributed by atoms with van der Waals surface area (Å²) in [6.45, 7) is 7.23. The lowest BCUT2D eigenvalue weighted by molar-refractivity contribution is 0.221. The molecule has 2 aliphatic carbocycles. The first-order chi connectivity index (χ1) is 7.08. The summed E-state index contributed by atoms with van der Waals surface area (Å²) in [6, 6.07) is 1.50. The van der Waals surface area contributed by atoms with Crippen molar-refractivity contribution in [3.05, 3.63) is 0 Å². The monoisotopic (exact) mass is 209 g/mol. The molecule has 0 heterocycles. The van der Waals surface area contributed by atoms with Crippen LogP contribution in [0.2, 0.25) is 0 Å². The van der Waals surface area contributed by atoms with Gasteiger partial charge < -0.3 is 5.32 Å². The third-order valence-corrected chi connectivity index (χ3v) is 4.65. The van der Waals surface area contributed by atoms with Crippen molar-refractivity contribution in [3.63, 3.8) is 0 Å². The summed E-state index contributed by atoms with van der Waals surface area (Å²) in [5.41, 5.74) is 0.536. The number of rotatable bonds is 4. The maximum absolute atomic E-state index is 3.87. The van der Waals surface area contributed by atoms with Gasteiger partial charge in [-0.1, -0.05) is 39.5 Å². The van der Waals surface area contributed by atoms with Gasteiger partial charge in [-0.2, -0.15) is 0 Å². The Morgan fingerprint density at radius 1 is 1.20 bits per heavy atom. The second-order valence-electron chi connectivity index (χ2n) is 6.53. The summed E-state index contributed by atoms with van der Waals surface area (Å²) in [5, 5.41) is 3.87. The summed E-state index contributed by atoms with van der Waals surface area (Å²) in [4.78, 5) is 0. The summed E-state index contributed by atoms with van der Waals surface area (Å²) in [6.07, 6.45) is 10.1. The fourth-order valence-corrected chi connectivity index (χ4v) is 3.28. The molecule has 2 saturated carbocycles. The second-order valence-corrected chi connectivity index (χ2v) is 6.53. The van der Waals surface area contributed by atoms with Crippen LogP contribution in [0.3, 0.4) is 0 Å². The van der Waals surface area contributed by atoms with E-state index in [0.29, 0.717) is 5.41 Å². The molecule has 1 N–H and O–H groups in total. The first-order valence-electron chi connectivity index (χ1n) is 6.84. The van der Waals surface area contributed by atoms with Gasteiger partial charge in [0.05, 0.1) is 0 Å². The standard InChI is InChI=1S/C14H27N/c1-11(10-12-6-4-7-12)15-13-8-5-9-14(13,2)3/h11-13,15H,4-10H2,1-3H3. The Balaban J connectivity index is 1.75. The fourth-order valence-electron chi connectivity index (χ4n) is 3.28. The van der Waals surface area contributed by atoms with Crippen molar-refractivity contribution >= 4 is 0 Å². The first kappa shape index (κ1) is 11.4. The van der Waals surface area contributed by atoms with Crippen molar-refractivity contribution in [2.45, 2.75) is 77.8 Å². The molecule has 0 aliphatic heterocycles. The fraction of sp³-hybridized carbons (Fsp3) is 1.00. The van der Waals surface area contributed by atoms with Crippen LogP contribution in [0.4, 0.5) is 0 Å². The average Bonchev–Trinajstić information content (AvgIpc) is 2.39. The third-order valence-electron chi connectivity index (χ3n) is 4.65. The second kappa shape index (κ2) is 4.45. The molecule has 2 rings (SSSR count). The van der Waals surface area contributed by atoms with E-state index >= 15 is 0 Å². The molecule has 0 amide bonds. The predicted octanol–water partition coefficient (Wildman–Crippen LogP) is 3.73. The molecule has 0 bridgehead atoms. The van der Waals surface area contributed by atoms with Gasteiger partial charge in [0.2, 0.25) is 0 Å². The molecule has 1 heteroatoms. The van der Waals surface area contributed by atoms with Crippen LogP contribution in [0.15, 0.2) is 0 Å². The third kappa shape index (κ3) is 2.75. The van der Waals surface area contributed by atoms with Gasteiger partial charge in [-0.25, -0.2) is 0 Å². The van der Waals surface area contributed by atoms with Crippen LogP contribution < -0.4 is 5.32 Å². The zero-order chi connectivity index (χ0) is 10.9. The SMILES string of the molecule is CC(CC1CCC1)NC1CCCC1(C)C. The quantitative estimate of drug-likeness (QED) is 0.744. The molecule has 0 saturated heterocycles. The zero-order valence-corrected chi connectivity index (χ0v) is 10.7. The highest BCUT2D eigenvalue weighted by Crippen LogP contribution is 2.38. The van der Waals surface area contributed by atoms with E-state index in [2.05, 4.69) is 26.1 Å². The van der Waals surface area contributed by atoms with Crippen LogP contribution >= 0.6 is 0 Å². The van der Waals surface area contributed by atoms with E-state index < -0.39 is 0 Å². The molecule has 2 fully saturated rings. The minimum Gasteiger partial charge on any atom is -0.311 e. The van der Waals surface area contributed by atoms with Crippen LogP contribution in [-0.2, 0) is 0 Å². The molecule has 15 heavy (non-hydrogen) atoms. The van der Waals surface area contributed by atoms with E-state index in [1.54, 1.807) is 0 Å². The summed E-state index contributed by atoms with van der Waals surface area (Å²) < 4.78 is 0. The van der Waals surface area contributed by atoms with Crippen LogP contribution in [0, 0.1) is 11.3 Å². The van der Waals surface area contributed by atoms with Gasteiger partial charge in [-0.3, -0.25) is 0 Å².